The number of carboxylic acids is 1. The fraction of sp³-hybridized carbons (Fsp3) is 0.600. The molecule has 8 fully saturated rings. The smallest absolute Gasteiger partial charge is 0.411 e. The first kappa shape index (κ1) is 97.3. The highest BCUT2D eigenvalue weighted by atomic mass is 16.7. The van der Waals surface area contributed by atoms with E-state index in [1.165, 1.54) is 43.1 Å². The molecule has 648 valence electrons. The molecular formula is C80H112N6O31. The van der Waals surface area contributed by atoms with Gasteiger partial charge in [-0.05, 0) is 58.2 Å². The Labute approximate surface area is 678 Å². The number of hydrogen-bond donors (Lipinski definition) is 5. The summed E-state index contributed by atoms with van der Waals surface area (Å²) in [5, 5.41) is 36.7. The maximum atomic E-state index is 12.4. The fourth-order valence-electron chi connectivity index (χ4n) is 12.7. The van der Waals surface area contributed by atoms with Crippen LogP contribution in [-0.4, -0.2) is 301 Å². The molecule has 0 radical (unpaired) electrons. The fourth-order valence-corrected chi connectivity index (χ4v) is 12.7. The average Bonchev–Trinajstić information content (AvgIpc) is 1.73. The van der Waals surface area contributed by atoms with E-state index in [-0.39, 0.29) is 146 Å². The molecule has 117 heavy (non-hydrogen) atoms. The summed E-state index contributed by atoms with van der Waals surface area (Å²) in [7, 11) is 5.08. The molecule has 5 N–H and O–H groups in total. The summed E-state index contributed by atoms with van der Waals surface area (Å²) < 4.78 is 67.4. The molecule has 6 atom stereocenters. The number of likely N-dealkylation sites (tertiary alicyclic amines) is 5. The van der Waals surface area contributed by atoms with E-state index in [1.54, 1.807) is 46.4 Å². The van der Waals surface area contributed by atoms with Crippen molar-refractivity contribution in [2.24, 2.45) is 0 Å². The summed E-state index contributed by atoms with van der Waals surface area (Å²) in [6.45, 7) is 14.4. The Bertz CT molecular complexity index is 3730. The molecular weight excluding hydrogens is 1540 g/mol. The van der Waals surface area contributed by atoms with E-state index in [0.717, 1.165) is 21.6 Å². The molecule has 11 rings (SSSR count). The van der Waals surface area contributed by atoms with Crippen molar-refractivity contribution in [2.45, 2.75) is 197 Å². The minimum absolute atomic E-state index is 0.00802. The number of carboxylic acid groups (broad SMARTS) is 1. The van der Waals surface area contributed by atoms with Gasteiger partial charge in [-0.15, -0.1) is 0 Å². The molecule has 8 aliphatic heterocycles. The highest BCUT2D eigenvalue weighted by Gasteiger charge is 2.50. The zero-order valence-corrected chi connectivity index (χ0v) is 68.0. The molecule has 0 saturated carbocycles. The number of benzene rings is 3. The van der Waals surface area contributed by atoms with Crippen LogP contribution in [0.3, 0.4) is 0 Å². The van der Waals surface area contributed by atoms with Crippen molar-refractivity contribution in [3.05, 3.63) is 108 Å². The molecule has 0 unspecified atom stereocenters. The van der Waals surface area contributed by atoms with Gasteiger partial charge in [-0.3, -0.25) is 43.6 Å². The van der Waals surface area contributed by atoms with E-state index in [1.807, 2.05) is 91.0 Å². The highest BCUT2D eigenvalue weighted by Crippen LogP contribution is 2.37. The molecule has 3 aromatic rings. The summed E-state index contributed by atoms with van der Waals surface area (Å²) >= 11 is 0. The quantitative estimate of drug-likeness (QED) is 0.106. The minimum atomic E-state index is -1.18. The first-order valence-electron chi connectivity index (χ1n) is 38.2. The van der Waals surface area contributed by atoms with Crippen LogP contribution in [0.5, 0.6) is 0 Å². The van der Waals surface area contributed by atoms with Gasteiger partial charge in [-0.2, -0.15) is 0 Å². The van der Waals surface area contributed by atoms with Crippen LogP contribution in [-0.2, 0) is 125 Å². The monoisotopic (exact) mass is 1650 g/mol. The molecule has 0 bridgehead atoms. The number of amides is 5. The summed E-state index contributed by atoms with van der Waals surface area (Å²) in [4.78, 5) is 169. The number of carbonyl (C=O) groups excluding carboxylic acids is 13. The predicted molar refractivity (Wildman–Crippen MR) is 408 cm³/mol. The van der Waals surface area contributed by atoms with E-state index in [9.17, 15) is 72.2 Å². The summed E-state index contributed by atoms with van der Waals surface area (Å²) in [6, 6.07) is 23.8. The molecule has 8 saturated heterocycles. The van der Waals surface area contributed by atoms with Crippen LogP contribution in [0.25, 0.3) is 0 Å². The number of rotatable bonds is 13. The molecule has 8 aliphatic rings. The van der Waals surface area contributed by atoms with Gasteiger partial charge in [0.1, 0.15) is 84.4 Å². The van der Waals surface area contributed by atoms with Crippen molar-refractivity contribution in [1.29, 1.82) is 0 Å². The number of hydrogen-bond acceptors (Lipinski definition) is 31. The maximum absolute atomic E-state index is 12.4. The molecule has 0 aromatic heterocycles. The number of piperidine rings is 6. The Morgan fingerprint density at radius 2 is 0.744 bits per heavy atom. The van der Waals surface area contributed by atoms with Gasteiger partial charge in [0.15, 0.2) is 11.6 Å². The zero-order chi connectivity index (χ0) is 86.5. The number of nitrogens with zero attached hydrogens (tertiary/aromatic N) is 5. The van der Waals surface area contributed by atoms with Crippen molar-refractivity contribution >= 4 is 83.4 Å². The number of aliphatic hydroxyl groups is 3. The van der Waals surface area contributed by atoms with Gasteiger partial charge in [0.2, 0.25) is 0 Å². The third kappa shape index (κ3) is 32.6. The van der Waals surface area contributed by atoms with Gasteiger partial charge in [0, 0.05) is 116 Å². The van der Waals surface area contributed by atoms with Gasteiger partial charge >= 0.3 is 60.3 Å². The van der Waals surface area contributed by atoms with E-state index in [0.29, 0.717) is 71.7 Å². The lowest BCUT2D eigenvalue weighted by molar-refractivity contribution is -0.200. The second-order valence-electron chi connectivity index (χ2n) is 29.4. The number of esters is 4. The lowest BCUT2D eigenvalue weighted by atomic mass is 9.96. The van der Waals surface area contributed by atoms with Gasteiger partial charge in [0.25, 0.3) is 0 Å². The lowest BCUT2D eigenvalue weighted by Gasteiger charge is -2.42. The number of carbonyl (C=O) groups is 14. The number of aliphatic carboxylic acids is 1. The highest BCUT2D eigenvalue weighted by molar-refractivity contribution is 5.93. The van der Waals surface area contributed by atoms with Crippen molar-refractivity contribution in [1.82, 2.24) is 29.8 Å². The molecule has 3 aromatic carbocycles. The van der Waals surface area contributed by atoms with Crippen molar-refractivity contribution in [3.63, 3.8) is 0 Å². The van der Waals surface area contributed by atoms with Gasteiger partial charge in [-0.25, -0.2) is 43.2 Å². The van der Waals surface area contributed by atoms with Crippen molar-refractivity contribution in [3.8, 4) is 0 Å². The van der Waals surface area contributed by atoms with Crippen LogP contribution in [0.2, 0.25) is 0 Å². The molecule has 37 heteroatoms. The normalized spacial score (nSPS) is 21.2. The number of methoxy groups -OCH3 is 4. The molecule has 5 amide bonds. The number of aliphatic hydroxyl groups excluding tert-OH is 3. The van der Waals surface area contributed by atoms with Gasteiger partial charge < -0.3 is 92.2 Å². The molecule has 2 spiro atoms. The molecule has 0 aliphatic carbocycles. The minimum Gasteiger partial charge on any atom is -0.480 e. The Morgan fingerprint density at radius 1 is 0.419 bits per heavy atom. The van der Waals surface area contributed by atoms with Crippen LogP contribution in [0.1, 0.15) is 135 Å². The van der Waals surface area contributed by atoms with Crippen LogP contribution in [0.4, 0.5) is 24.0 Å². The number of nitrogens with one attached hydrogen (secondary N) is 1. The van der Waals surface area contributed by atoms with Crippen LogP contribution < -0.4 is 5.32 Å². The van der Waals surface area contributed by atoms with E-state index < -0.39 is 107 Å². The van der Waals surface area contributed by atoms with Gasteiger partial charge in [0.05, 0.1) is 80.7 Å². The molecule has 37 nitrogen and oxygen atoms in total. The second kappa shape index (κ2) is 48.4. The first-order chi connectivity index (χ1) is 55.6. The van der Waals surface area contributed by atoms with Crippen LogP contribution in [0, 0.1) is 0 Å². The number of Topliss-reactive ketones (excluding diaryl/α,β-unsaturated/α-hetero) is 4. The topological polar surface area (TPSA) is 468 Å². The van der Waals surface area contributed by atoms with Crippen molar-refractivity contribution < 1.29 is 149 Å². The summed E-state index contributed by atoms with van der Waals surface area (Å²) in [6.07, 6.45) is 0.272. The van der Waals surface area contributed by atoms with Crippen LogP contribution in [0.15, 0.2) is 91.0 Å². The summed E-state index contributed by atoms with van der Waals surface area (Å²) in [5.74, 6) is -4.77. The Balaban J connectivity index is 0.000000251. The van der Waals surface area contributed by atoms with E-state index in [2.05, 4.69) is 19.5 Å². The third-order valence-corrected chi connectivity index (χ3v) is 18.6. The number of ether oxygens (including phenoxy) is 13. The Hall–Kier alpha value is -10.3. The largest absolute Gasteiger partial charge is 0.480 e. The Morgan fingerprint density at radius 3 is 1.09 bits per heavy atom. The lowest BCUT2D eigenvalue weighted by Crippen LogP contribution is -2.56. The van der Waals surface area contributed by atoms with Crippen molar-refractivity contribution in [2.75, 3.05) is 114 Å². The standard InChI is InChI=1S/C17H21NO6.C16H21NO5.C15H17NO5.C12H19NO5.C11H17NO5.C7H11NO3.C2H6O2/c1-21-15(19)14-11-17(23-9-10-24-17)7-8-18(14)16(20)22-12-13-5-3-2-4-6-13;18-11-14-10-16(21-8-9-22-16)6-7-17(14)15(19)20-12-13-4-2-1-3-5-13;1-20-14(18)13-9-12(17)7-8-16(13)15(19)21-10-11-5-3-2-4-6-11;1-12(2,3)18-11(16)13-6-5-8(14)7-9(13)10(15)17-4;1-11(2,3)17-10(16)12-5-4-7(13)6-8(12)9(14)15;1-11-7(10)6-4-5(9)2-3-8-6;3-1-2-4/h2-6,14H,7-12H2,1H3;1-5,14,18H,6-12H2;2-6,13H,7-10H2,1H3;9H,5-7H2,1-4H3;8H,4-6H2,1-3H3,(H,14,15);6,8H,2-4H2,1H3;3-4H,1-2H2/t2*14-;13-;9-;8-;6-;/m111111./s1. The predicted octanol–water partition coefficient (Wildman–Crippen LogP) is 5.38. The van der Waals surface area contributed by atoms with Crippen LogP contribution >= 0.6 is 0 Å². The maximum Gasteiger partial charge on any atom is 0.411 e. The molecule has 8 heterocycles. The number of ketones is 4. The average molecular weight is 1650 g/mol. The van der Waals surface area contributed by atoms with E-state index >= 15 is 0 Å². The van der Waals surface area contributed by atoms with Gasteiger partial charge in [-0.1, -0.05) is 91.0 Å². The zero-order valence-electron chi connectivity index (χ0n) is 68.0. The SMILES string of the molecule is CC(C)(C)OC(=O)N1CCC(=O)C[C@@H]1C(=O)O.COC(=O)[C@H]1CC(=O)CCN1.COC(=O)[C@H]1CC(=O)CCN1C(=O)OC(C)(C)C.COC(=O)[C@H]1CC(=O)CCN1C(=O)OCc1ccccc1.COC(=O)[C@H]1CC2(CCN1C(=O)OCc1ccccc1)OCCO2.O=C(OCc1ccccc1)N1CCC2(C[C@@H]1CO)OCCO2.OCCO. The Kier molecular flexibility index (Phi) is 40.3. The third-order valence-electron chi connectivity index (χ3n) is 18.6. The summed E-state index contributed by atoms with van der Waals surface area (Å²) in [5.41, 5.74) is 1.36. The first-order valence-corrected chi connectivity index (χ1v) is 38.2. The van der Waals surface area contributed by atoms with E-state index in [4.69, 9.17) is 62.7 Å². The second-order valence-corrected chi connectivity index (χ2v) is 29.4.